The van der Waals surface area contributed by atoms with Crippen LogP contribution in [0.4, 0.5) is 0 Å². The summed E-state index contributed by atoms with van der Waals surface area (Å²) in [6.07, 6.45) is 0. The zero-order valence-corrected chi connectivity index (χ0v) is 10.6. The van der Waals surface area contributed by atoms with Gasteiger partial charge in [-0.3, -0.25) is 0 Å². The molecule has 1 aromatic carbocycles. The molecule has 0 aliphatic rings. The molecule has 0 heterocycles. The normalized spacial score (nSPS) is 11.8. The average Bonchev–Trinajstić information content (AvgIpc) is 1.94. The highest BCUT2D eigenvalue weighted by atomic mass is 79.9. The molecule has 0 nitrogen and oxygen atoms in total. The molecule has 0 aliphatic carbocycles. The van der Waals surface area contributed by atoms with Crippen LogP contribution in [-0.4, -0.2) is 0 Å². The van der Waals surface area contributed by atoms with Crippen molar-refractivity contribution in [3.05, 3.63) is 33.3 Å². The standard InChI is InChI=1S/C12H17Br/c1-8-6-9(2)11(13)7-10(8)12(3,4)5/h6-7H,1-5H3. The van der Waals surface area contributed by atoms with E-state index in [1.165, 1.54) is 21.2 Å². The van der Waals surface area contributed by atoms with Gasteiger partial charge in [-0.25, -0.2) is 0 Å². The first-order valence-electron chi connectivity index (χ1n) is 4.59. The predicted molar refractivity (Wildman–Crippen MR) is 62.3 cm³/mol. The van der Waals surface area contributed by atoms with Gasteiger partial charge in [0, 0.05) is 4.47 Å². The van der Waals surface area contributed by atoms with E-state index < -0.39 is 0 Å². The molecule has 0 amide bonds. The third kappa shape index (κ3) is 2.34. The van der Waals surface area contributed by atoms with Gasteiger partial charge in [-0.1, -0.05) is 42.8 Å². The van der Waals surface area contributed by atoms with Crippen LogP contribution in [0.2, 0.25) is 0 Å². The van der Waals surface area contributed by atoms with E-state index in [0.717, 1.165) is 0 Å². The number of rotatable bonds is 0. The molecule has 1 rings (SSSR count). The summed E-state index contributed by atoms with van der Waals surface area (Å²) in [5.74, 6) is 0. The second-order valence-corrected chi connectivity index (χ2v) is 5.52. The SMILES string of the molecule is Cc1cc(C)c(C(C)(C)C)cc1Br. The topological polar surface area (TPSA) is 0 Å². The van der Waals surface area contributed by atoms with Crippen LogP contribution in [0.15, 0.2) is 16.6 Å². The lowest BCUT2D eigenvalue weighted by Crippen LogP contribution is -2.13. The van der Waals surface area contributed by atoms with Gasteiger partial charge in [0.05, 0.1) is 0 Å². The number of benzene rings is 1. The molecule has 0 aliphatic heterocycles. The lowest BCUT2D eigenvalue weighted by atomic mass is 9.84. The summed E-state index contributed by atoms with van der Waals surface area (Å²) < 4.78 is 1.21. The van der Waals surface area contributed by atoms with E-state index in [2.05, 4.69) is 62.7 Å². The van der Waals surface area contributed by atoms with Gasteiger partial charge >= 0.3 is 0 Å². The molecular weight excluding hydrogens is 224 g/mol. The predicted octanol–water partition coefficient (Wildman–Crippen LogP) is 4.36. The Bertz CT molecular complexity index is 319. The Morgan fingerprint density at radius 1 is 1.00 bits per heavy atom. The highest BCUT2D eigenvalue weighted by Gasteiger charge is 2.16. The molecule has 0 N–H and O–H groups in total. The van der Waals surface area contributed by atoms with E-state index >= 15 is 0 Å². The molecule has 0 atom stereocenters. The summed E-state index contributed by atoms with van der Waals surface area (Å²) in [5, 5.41) is 0. The second kappa shape index (κ2) is 3.45. The van der Waals surface area contributed by atoms with Gasteiger partial charge in [-0.05, 0) is 42.0 Å². The Hall–Kier alpha value is -0.300. The number of hydrogen-bond donors (Lipinski definition) is 0. The molecule has 1 aromatic rings. The van der Waals surface area contributed by atoms with Gasteiger partial charge in [0.25, 0.3) is 0 Å². The average molecular weight is 241 g/mol. The van der Waals surface area contributed by atoms with Crippen LogP contribution in [0, 0.1) is 13.8 Å². The first kappa shape index (κ1) is 10.8. The van der Waals surface area contributed by atoms with Gasteiger partial charge in [0.15, 0.2) is 0 Å². The molecule has 0 fully saturated rings. The fourth-order valence-electron chi connectivity index (χ4n) is 1.63. The van der Waals surface area contributed by atoms with Crippen LogP contribution in [0.5, 0.6) is 0 Å². The molecule has 0 saturated carbocycles. The minimum Gasteiger partial charge on any atom is -0.0561 e. The van der Waals surface area contributed by atoms with Crippen molar-refractivity contribution in [3.8, 4) is 0 Å². The van der Waals surface area contributed by atoms with Crippen molar-refractivity contribution in [1.29, 1.82) is 0 Å². The van der Waals surface area contributed by atoms with E-state index in [-0.39, 0.29) is 5.41 Å². The fourth-order valence-corrected chi connectivity index (χ4v) is 1.98. The number of halogens is 1. The van der Waals surface area contributed by atoms with Gasteiger partial charge in [-0.15, -0.1) is 0 Å². The zero-order valence-electron chi connectivity index (χ0n) is 9.03. The van der Waals surface area contributed by atoms with E-state index in [4.69, 9.17) is 0 Å². The molecule has 0 bridgehead atoms. The van der Waals surface area contributed by atoms with Crippen molar-refractivity contribution < 1.29 is 0 Å². The zero-order chi connectivity index (χ0) is 10.2. The molecule has 0 radical (unpaired) electrons. The quantitative estimate of drug-likeness (QED) is 0.632. The number of aryl methyl sites for hydroxylation is 2. The van der Waals surface area contributed by atoms with E-state index in [1.807, 2.05) is 0 Å². The third-order valence-electron chi connectivity index (χ3n) is 2.31. The van der Waals surface area contributed by atoms with Crippen molar-refractivity contribution in [3.63, 3.8) is 0 Å². The smallest absolute Gasteiger partial charge is 0.0207 e. The maximum atomic E-state index is 3.57. The molecule has 0 aromatic heterocycles. The second-order valence-electron chi connectivity index (χ2n) is 4.67. The Balaban J connectivity index is 3.32. The minimum atomic E-state index is 0.236. The molecule has 1 heteroatoms. The maximum absolute atomic E-state index is 3.57. The fraction of sp³-hybridized carbons (Fsp3) is 0.500. The largest absolute Gasteiger partial charge is 0.0561 e. The highest BCUT2D eigenvalue weighted by Crippen LogP contribution is 2.30. The highest BCUT2D eigenvalue weighted by molar-refractivity contribution is 9.10. The van der Waals surface area contributed by atoms with Crippen molar-refractivity contribution >= 4 is 15.9 Å². The van der Waals surface area contributed by atoms with Crippen molar-refractivity contribution in [2.24, 2.45) is 0 Å². The Morgan fingerprint density at radius 2 is 1.54 bits per heavy atom. The first-order chi connectivity index (χ1) is 5.82. The summed E-state index contributed by atoms with van der Waals surface area (Å²) >= 11 is 3.57. The molecule has 0 saturated heterocycles. The van der Waals surface area contributed by atoms with Gasteiger partial charge in [-0.2, -0.15) is 0 Å². The van der Waals surface area contributed by atoms with Crippen LogP contribution in [-0.2, 0) is 5.41 Å². The Labute approximate surface area is 89.5 Å². The van der Waals surface area contributed by atoms with E-state index in [0.29, 0.717) is 0 Å². The van der Waals surface area contributed by atoms with Crippen molar-refractivity contribution in [1.82, 2.24) is 0 Å². The molecule has 13 heavy (non-hydrogen) atoms. The summed E-state index contributed by atoms with van der Waals surface area (Å²) in [7, 11) is 0. The summed E-state index contributed by atoms with van der Waals surface area (Å²) in [5.41, 5.74) is 4.35. The van der Waals surface area contributed by atoms with Crippen molar-refractivity contribution in [2.45, 2.75) is 40.0 Å². The first-order valence-corrected chi connectivity index (χ1v) is 5.39. The Morgan fingerprint density at radius 3 is 2.00 bits per heavy atom. The molecule has 72 valence electrons. The van der Waals surface area contributed by atoms with Crippen LogP contribution >= 0.6 is 15.9 Å². The van der Waals surface area contributed by atoms with E-state index in [1.54, 1.807) is 0 Å². The minimum absolute atomic E-state index is 0.236. The summed E-state index contributed by atoms with van der Waals surface area (Å²) in [6, 6.07) is 4.48. The number of hydrogen-bond acceptors (Lipinski definition) is 0. The van der Waals surface area contributed by atoms with E-state index in [9.17, 15) is 0 Å². The van der Waals surface area contributed by atoms with Crippen molar-refractivity contribution in [2.75, 3.05) is 0 Å². The molecule has 0 spiro atoms. The van der Waals surface area contributed by atoms with Crippen LogP contribution in [0.3, 0.4) is 0 Å². The lowest BCUT2D eigenvalue weighted by Gasteiger charge is -2.22. The van der Waals surface area contributed by atoms with Crippen LogP contribution in [0.1, 0.15) is 37.5 Å². The third-order valence-corrected chi connectivity index (χ3v) is 3.17. The lowest BCUT2D eigenvalue weighted by molar-refractivity contribution is 0.585. The Kier molecular flexibility index (Phi) is 2.86. The van der Waals surface area contributed by atoms with Crippen LogP contribution < -0.4 is 0 Å². The van der Waals surface area contributed by atoms with Gasteiger partial charge in [0.1, 0.15) is 0 Å². The monoisotopic (exact) mass is 240 g/mol. The molecular formula is C12H17Br. The summed E-state index contributed by atoms with van der Waals surface area (Å²) in [4.78, 5) is 0. The van der Waals surface area contributed by atoms with Gasteiger partial charge in [0.2, 0.25) is 0 Å². The maximum Gasteiger partial charge on any atom is 0.0207 e. The van der Waals surface area contributed by atoms with Gasteiger partial charge < -0.3 is 0 Å². The summed E-state index contributed by atoms with van der Waals surface area (Å²) in [6.45, 7) is 11.1. The van der Waals surface area contributed by atoms with Crippen LogP contribution in [0.25, 0.3) is 0 Å². The molecule has 0 unspecified atom stereocenters.